The highest BCUT2D eigenvalue weighted by Gasteiger charge is 2.18. The zero-order valence-corrected chi connectivity index (χ0v) is 14.1. The fourth-order valence-electron chi connectivity index (χ4n) is 2.52. The molecular formula is C20H18ClNO2. The summed E-state index contributed by atoms with van der Waals surface area (Å²) in [4.78, 5) is 12.5. The fourth-order valence-corrected chi connectivity index (χ4v) is 2.70. The Hall–Kier alpha value is -2.52. The first kappa shape index (κ1) is 16.3. The molecule has 1 amide bonds. The number of anilines is 1. The van der Waals surface area contributed by atoms with Gasteiger partial charge in [0.15, 0.2) is 6.10 Å². The smallest absolute Gasteiger partial charge is 0.265 e. The van der Waals surface area contributed by atoms with Crippen LogP contribution in [0.25, 0.3) is 10.8 Å². The van der Waals surface area contributed by atoms with Crippen molar-refractivity contribution in [1.82, 2.24) is 0 Å². The third kappa shape index (κ3) is 3.87. The van der Waals surface area contributed by atoms with E-state index in [1.54, 1.807) is 24.3 Å². The van der Waals surface area contributed by atoms with Crippen molar-refractivity contribution in [3.63, 3.8) is 0 Å². The lowest BCUT2D eigenvalue weighted by Gasteiger charge is -2.17. The summed E-state index contributed by atoms with van der Waals surface area (Å²) in [7, 11) is 0. The molecule has 3 aromatic rings. The van der Waals surface area contributed by atoms with Crippen molar-refractivity contribution in [3.8, 4) is 5.75 Å². The number of amides is 1. The SMILES string of the molecule is CCC(Oc1cccc(Cl)c1)C(=O)Nc1ccc2ccccc2c1. The molecule has 0 aliphatic carbocycles. The summed E-state index contributed by atoms with van der Waals surface area (Å²) < 4.78 is 5.77. The average molecular weight is 340 g/mol. The van der Waals surface area contributed by atoms with Gasteiger partial charge in [0.25, 0.3) is 5.91 Å². The molecule has 122 valence electrons. The zero-order chi connectivity index (χ0) is 16.9. The molecule has 1 N–H and O–H groups in total. The maximum absolute atomic E-state index is 12.5. The molecule has 3 aromatic carbocycles. The third-order valence-electron chi connectivity index (χ3n) is 3.75. The molecule has 0 spiro atoms. The zero-order valence-electron chi connectivity index (χ0n) is 13.3. The largest absolute Gasteiger partial charge is 0.481 e. The molecular weight excluding hydrogens is 322 g/mol. The summed E-state index contributed by atoms with van der Waals surface area (Å²) >= 11 is 5.96. The van der Waals surface area contributed by atoms with Crippen molar-refractivity contribution in [2.45, 2.75) is 19.4 Å². The Morgan fingerprint density at radius 1 is 1.04 bits per heavy atom. The van der Waals surface area contributed by atoms with Crippen LogP contribution in [0.1, 0.15) is 13.3 Å². The molecule has 0 radical (unpaired) electrons. The minimum atomic E-state index is -0.574. The van der Waals surface area contributed by atoms with Crippen LogP contribution in [0.2, 0.25) is 5.02 Å². The van der Waals surface area contributed by atoms with Crippen LogP contribution in [0.3, 0.4) is 0 Å². The van der Waals surface area contributed by atoms with Gasteiger partial charge in [0.2, 0.25) is 0 Å². The normalized spacial score (nSPS) is 11.9. The predicted molar refractivity (Wildman–Crippen MR) is 98.7 cm³/mol. The van der Waals surface area contributed by atoms with Crippen molar-refractivity contribution in [2.24, 2.45) is 0 Å². The highest BCUT2D eigenvalue weighted by atomic mass is 35.5. The Morgan fingerprint density at radius 3 is 2.58 bits per heavy atom. The number of fused-ring (bicyclic) bond motifs is 1. The monoisotopic (exact) mass is 339 g/mol. The molecule has 0 aromatic heterocycles. The van der Waals surface area contributed by atoms with Crippen LogP contribution in [0.15, 0.2) is 66.7 Å². The van der Waals surface area contributed by atoms with E-state index >= 15 is 0 Å². The number of hydrogen-bond acceptors (Lipinski definition) is 2. The number of ether oxygens (including phenoxy) is 1. The van der Waals surface area contributed by atoms with Gasteiger partial charge in [0.1, 0.15) is 5.75 Å². The van der Waals surface area contributed by atoms with Gasteiger partial charge in [-0.1, -0.05) is 54.9 Å². The number of carbonyl (C=O) groups is 1. The lowest BCUT2D eigenvalue weighted by Crippen LogP contribution is -2.32. The molecule has 0 aliphatic heterocycles. The molecule has 4 heteroatoms. The first-order chi connectivity index (χ1) is 11.7. The quantitative estimate of drug-likeness (QED) is 0.686. The molecule has 0 heterocycles. The first-order valence-electron chi connectivity index (χ1n) is 7.87. The number of hydrogen-bond donors (Lipinski definition) is 1. The van der Waals surface area contributed by atoms with E-state index in [1.165, 1.54) is 0 Å². The van der Waals surface area contributed by atoms with E-state index in [4.69, 9.17) is 16.3 Å². The molecule has 3 nitrogen and oxygen atoms in total. The van der Waals surface area contributed by atoms with Crippen molar-refractivity contribution < 1.29 is 9.53 Å². The van der Waals surface area contributed by atoms with Crippen LogP contribution in [0.5, 0.6) is 5.75 Å². The van der Waals surface area contributed by atoms with Crippen LogP contribution >= 0.6 is 11.6 Å². The summed E-state index contributed by atoms with van der Waals surface area (Å²) in [6.07, 6.45) is -0.0127. The maximum Gasteiger partial charge on any atom is 0.265 e. The van der Waals surface area contributed by atoms with Gasteiger partial charge in [-0.25, -0.2) is 0 Å². The summed E-state index contributed by atoms with van der Waals surface area (Å²) in [5, 5.41) is 5.72. The number of rotatable bonds is 5. The van der Waals surface area contributed by atoms with Crippen molar-refractivity contribution in [1.29, 1.82) is 0 Å². The number of halogens is 1. The number of benzene rings is 3. The lowest BCUT2D eigenvalue weighted by molar-refractivity contribution is -0.122. The summed E-state index contributed by atoms with van der Waals surface area (Å²) in [5.41, 5.74) is 0.756. The second kappa shape index (κ2) is 7.37. The van der Waals surface area contributed by atoms with Gasteiger partial charge in [-0.2, -0.15) is 0 Å². The van der Waals surface area contributed by atoms with E-state index in [0.717, 1.165) is 16.5 Å². The van der Waals surface area contributed by atoms with E-state index in [-0.39, 0.29) is 5.91 Å². The molecule has 0 aliphatic rings. The van der Waals surface area contributed by atoms with Crippen LogP contribution in [0, 0.1) is 0 Å². The molecule has 0 fully saturated rings. The molecule has 0 saturated heterocycles. The predicted octanol–water partition coefficient (Wildman–Crippen LogP) is 5.29. The lowest BCUT2D eigenvalue weighted by atomic mass is 10.1. The van der Waals surface area contributed by atoms with Gasteiger partial charge < -0.3 is 10.1 Å². The Morgan fingerprint density at radius 2 is 1.83 bits per heavy atom. The van der Waals surface area contributed by atoms with Crippen LogP contribution in [-0.4, -0.2) is 12.0 Å². The van der Waals surface area contributed by atoms with E-state index < -0.39 is 6.10 Å². The molecule has 1 unspecified atom stereocenters. The molecule has 3 rings (SSSR count). The minimum absolute atomic E-state index is 0.173. The van der Waals surface area contributed by atoms with Crippen molar-refractivity contribution in [3.05, 3.63) is 71.8 Å². The molecule has 0 saturated carbocycles. The number of carbonyl (C=O) groups excluding carboxylic acids is 1. The molecule has 1 atom stereocenters. The van der Waals surface area contributed by atoms with Gasteiger partial charge in [-0.15, -0.1) is 0 Å². The summed E-state index contributed by atoms with van der Waals surface area (Å²) in [5.74, 6) is 0.413. The van der Waals surface area contributed by atoms with Gasteiger partial charge in [0, 0.05) is 10.7 Å². The Balaban J connectivity index is 1.73. The third-order valence-corrected chi connectivity index (χ3v) is 3.99. The first-order valence-corrected chi connectivity index (χ1v) is 8.25. The summed E-state index contributed by atoms with van der Waals surface area (Å²) in [6.45, 7) is 1.91. The van der Waals surface area contributed by atoms with Gasteiger partial charge in [-0.05, 0) is 47.5 Å². The van der Waals surface area contributed by atoms with Crippen LogP contribution in [0.4, 0.5) is 5.69 Å². The molecule has 0 bridgehead atoms. The summed E-state index contributed by atoms with van der Waals surface area (Å²) in [6, 6.07) is 20.9. The van der Waals surface area contributed by atoms with Crippen molar-refractivity contribution in [2.75, 3.05) is 5.32 Å². The van der Waals surface area contributed by atoms with E-state index in [9.17, 15) is 4.79 Å². The minimum Gasteiger partial charge on any atom is -0.481 e. The molecule has 24 heavy (non-hydrogen) atoms. The Kier molecular flexibility index (Phi) is 5.02. The highest BCUT2D eigenvalue weighted by molar-refractivity contribution is 6.30. The van der Waals surface area contributed by atoms with E-state index in [1.807, 2.05) is 49.4 Å². The second-order valence-electron chi connectivity index (χ2n) is 5.52. The topological polar surface area (TPSA) is 38.3 Å². The standard InChI is InChI=1S/C20H18ClNO2/c1-2-19(24-18-9-5-8-16(21)13-18)20(23)22-17-11-10-14-6-3-4-7-15(14)12-17/h3-13,19H,2H2,1H3,(H,22,23). The van der Waals surface area contributed by atoms with Gasteiger partial charge >= 0.3 is 0 Å². The van der Waals surface area contributed by atoms with Crippen molar-refractivity contribution >= 4 is 34.0 Å². The van der Waals surface area contributed by atoms with Gasteiger partial charge in [-0.3, -0.25) is 4.79 Å². The number of nitrogens with one attached hydrogen (secondary N) is 1. The van der Waals surface area contributed by atoms with Crippen LogP contribution in [-0.2, 0) is 4.79 Å². The van der Waals surface area contributed by atoms with E-state index in [2.05, 4.69) is 5.32 Å². The van der Waals surface area contributed by atoms with Gasteiger partial charge in [0.05, 0.1) is 0 Å². The van der Waals surface area contributed by atoms with E-state index in [0.29, 0.717) is 17.2 Å². The van der Waals surface area contributed by atoms with Crippen LogP contribution < -0.4 is 10.1 Å². The second-order valence-corrected chi connectivity index (χ2v) is 5.96. The Bertz CT molecular complexity index is 863. The highest BCUT2D eigenvalue weighted by Crippen LogP contribution is 2.21. The maximum atomic E-state index is 12.5. The Labute approximate surface area is 146 Å². The fraction of sp³-hybridized carbons (Fsp3) is 0.150. The average Bonchev–Trinajstić information content (AvgIpc) is 2.59.